The summed E-state index contributed by atoms with van der Waals surface area (Å²) in [6.07, 6.45) is 1.88. The summed E-state index contributed by atoms with van der Waals surface area (Å²) in [5.74, 6) is 0. The van der Waals surface area contributed by atoms with Crippen molar-refractivity contribution in [3.63, 3.8) is 0 Å². The van der Waals surface area contributed by atoms with Crippen LogP contribution < -0.4 is 5.32 Å². The average molecular weight is 240 g/mol. The monoisotopic (exact) mass is 240 g/mol. The van der Waals surface area contributed by atoms with E-state index in [4.69, 9.17) is 0 Å². The van der Waals surface area contributed by atoms with Crippen LogP contribution in [0.15, 0.2) is 42.6 Å². The van der Waals surface area contributed by atoms with Crippen LogP contribution in [0, 0.1) is 13.8 Å². The fourth-order valence-electron chi connectivity index (χ4n) is 2.23. The van der Waals surface area contributed by atoms with Crippen molar-refractivity contribution in [3.05, 3.63) is 65.0 Å². The van der Waals surface area contributed by atoms with E-state index in [2.05, 4.69) is 60.5 Å². The third-order valence-corrected chi connectivity index (χ3v) is 3.04. The number of hydrogen-bond acceptors (Lipinski definition) is 2. The van der Waals surface area contributed by atoms with Gasteiger partial charge in [0.1, 0.15) is 0 Å². The highest BCUT2D eigenvalue weighted by atomic mass is 14.9. The van der Waals surface area contributed by atoms with Crippen LogP contribution in [0.2, 0.25) is 0 Å². The molecule has 2 aromatic rings. The van der Waals surface area contributed by atoms with Crippen molar-refractivity contribution >= 4 is 0 Å². The molecule has 0 aliphatic carbocycles. The van der Waals surface area contributed by atoms with Crippen molar-refractivity contribution in [2.45, 2.75) is 26.8 Å². The molecule has 1 atom stereocenters. The van der Waals surface area contributed by atoms with Crippen molar-refractivity contribution < 1.29 is 0 Å². The Balaban J connectivity index is 2.39. The van der Waals surface area contributed by atoms with Crippen molar-refractivity contribution in [1.82, 2.24) is 10.3 Å². The van der Waals surface area contributed by atoms with Gasteiger partial charge in [0, 0.05) is 11.9 Å². The zero-order chi connectivity index (χ0) is 13.0. The zero-order valence-corrected chi connectivity index (χ0v) is 11.3. The molecule has 1 unspecified atom stereocenters. The lowest BCUT2D eigenvalue weighted by molar-refractivity contribution is 0.629. The van der Waals surface area contributed by atoms with E-state index in [1.54, 1.807) is 0 Å². The number of benzene rings is 1. The Labute approximate surface area is 109 Å². The molecule has 0 bridgehead atoms. The van der Waals surface area contributed by atoms with Crippen LogP contribution in [0.3, 0.4) is 0 Å². The normalized spacial score (nSPS) is 12.4. The minimum atomic E-state index is 0.247. The first-order valence-electron chi connectivity index (χ1n) is 6.43. The Hall–Kier alpha value is -1.67. The fourth-order valence-corrected chi connectivity index (χ4v) is 2.23. The summed E-state index contributed by atoms with van der Waals surface area (Å²) in [4.78, 5) is 4.27. The van der Waals surface area contributed by atoms with Crippen LogP contribution in [0.4, 0.5) is 0 Å². The van der Waals surface area contributed by atoms with Crippen LogP contribution in [0.5, 0.6) is 0 Å². The Morgan fingerprint density at radius 1 is 1.11 bits per heavy atom. The summed E-state index contributed by atoms with van der Waals surface area (Å²) >= 11 is 0. The van der Waals surface area contributed by atoms with Crippen molar-refractivity contribution in [2.75, 3.05) is 6.54 Å². The summed E-state index contributed by atoms with van der Waals surface area (Å²) in [5.41, 5.74) is 4.93. The lowest BCUT2D eigenvalue weighted by atomic mass is 9.97. The molecule has 0 spiro atoms. The minimum absolute atomic E-state index is 0.247. The van der Waals surface area contributed by atoms with Gasteiger partial charge in [0.05, 0.1) is 6.04 Å². The first-order chi connectivity index (χ1) is 8.70. The second kappa shape index (κ2) is 5.78. The van der Waals surface area contributed by atoms with Gasteiger partial charge in [-0.1, -0.05) is 36.8 Å². The van der Waals surface area contributed by atoms with E-state index in [1.807, 2.05) is 13.1 Å². The molecule has 1 heterocycles. The van der Waals surface area contributed by atoms with Crippen molar-refractivity contribution in [2.24, 2.45) is 0 Å². The van der Waals surface area contributed by atoms with Crippen LogP contribution in [0.25, 0.3) is 0 Å². The van der Waals surface area contributed by atoms with E-state index in [1.165, 1.54) is 16.7 Å². The summed E-state index contributed by atoms with van der Waals surface area (Å²) in [5, 5.41) is 3.54. The summed E-state index contributed by atoms with van der Waals surface area (Å²) in [6, 6.07) is 13.1. The van der Waals surface area contributed by atoms with Gasteiger partial charge in [0.15, 0.2) is 0 Å². The fraction of sp³-hybridized carbons (Fsp3) is 0.312. The molecule has 0 saturated carbocycles. The maximum Gasteiger partial charge on any atom is 0.0577 e. The second-order valence-electron chi connectivity index (χ2n) is 4.64. The van der Waals surface area contributed by atoms with Crippen molar-refractivity contribution in [1.29, 1.82) is 0 Å². The smallest absolute Gasteiger partial charge is 0.0577 e. The molecule has 18 heavy (non-hydrogen) atoms. The van der Waals surface area contributed by atoms with E-state index in [9.17, 15) is 0 Å². The molecule has 0 radical (unpaired) electrons. The van der Waals surface area contributed by atoms with Crippen molar-refractivity contribution in [3.8, 4) is 0 Å². The average Bonchev–Trinajstić information content (AvgIpc) is 2.36. The zero-order valence-electron chi connectivity index (χ0n) is 11.3. The van der Waals surface area contributed by atoms with Gasteiger partial charge < -0.3 is 5.32 Å². The number of aromatic nitrogens is 1. The number of nitrogens with zero attached hydrogens (tertiary/aromatic N) is 1. The topological polar surface area (TPSA) is 24.9 Å². The van der Waals surface area contributed by atoms with Gasteiger partial charge >= 0.3 is 0 Å². The standard InChI is InChI=1S/C16H20N2/c1-4-17-16(14-7-5-6-12(2)10-14)15-8-9-18-13(3)11-15/h5-11,16-17H,4H2,1-3H3. The number of rotatable bonds is 4. The van der Waals surface area contributed by atoms with Crippen LogP contribution in [-0.2, 0) is 0 Å². The molecule has 2 nitrogen and oxygen atoms in total. The summed E-state index contributed by atoms with van der Waals surface area (Å²) in [7, 11) is 0. The first kappa shape index (κ1) is 12.8. The highest BCUT2D eigenvalue weighted by Gasteiger charge is 2.12. The SMILES string of the molecule is CCNC(c1cccc(C)c1)c1ccnc(C)c1. The van der Waals surface area contributed by atoms with Gasteiger partial charge in [0.2, 0.25) is 0 Å². The molecule has 2 rings (SSSR count). The van der Waals surface area contributed by atoms with Gasteiger partial charge in [-0.2, -0.15) is 0 Å². The van der Waals surface area contributed by atoms with Gasteiger partial charge in [-0.05, 0) is 43.7 Å². The number of pyridine rings is 1. The molecule has 94 valence electrons. The number of aryl methyl sites for hydroxylation is 2. The van der Waals surface area contributed by atoms with Gasteiger partial charge in [-0.15, -0.1) is 0 Å². The Morgan fingerprint density at radius 2 is 1.89 bits per heavy atom. The third kappa shape index (κ3) is 2.96. The Bertz CT molecular complexity index is 475. The third-order valence-electron chi connectivity index (χ3n) is 3.04. The van der Waals surface area contributed by atoms with Gasteiger partial charge in [-0.3, -0.25) is 4.98 Å². The van der Waals surface area contributed by atoms with Crippen LogP contribution in [-0.4, -0.2) is 11.5 Å². The van der Waals surface area contributed by atoms with Crippen LogP contribution in [0.1, 0.15) is 35.3 Å². The molecule has 0 fully saturated rings. The minimum Gasteiger partial charge on any atom is -0.307 e. The van der Waals surface area contributed by atoms with Gasteiger partial charge in [0.25, 0.3) is 0 Å². The molecule has 0 amide bonds. The molecule has 1 aromatic heterocycles. The lowest BCUT2D eigenvalue weighted by Crippen LogP contribution is -2.22. The second-order valence-corrected chi connectivity index (χ2v) is 4.64. The molecule has 0 aliphatic heterocycles. The maximum atomic E-state index is 4.27. The highest BCUT2D eigenvalue weighted by Crippen LogP contribution is 2.22. The number of nitrogens with one attached hydrogen (secondary N) is 1. The number of hydrogen-bond donors (Lipinski definition) is 1. The summed E-state index contributed by atoms with van der Waals surface area (Å²) in [6.45, 7) is 7.24. The predicted molar refractivity (Wildman–Crippen MR) is 75.7 cm³/mol. The van der Waals surface area contributed by atoms with E-state index < -0.39 is 0 Å². The molecule has 1 aromatic carbocycles. The lowest BCUT2D eigenvalue weighted by Gasteiger charge is -2.19. The molecule has 1 N–H and O–H groups in total. The van der Waals surface area contributed by atoms with Crippen LogP contribution >= 0.6 is 0 Å². The molecule has 0 saturated heterocycles. The van der Waals surface area contributed by atoms with E-state index in [-0.39, 0.29) is 6.04 Å². The predicted octanol–water partition coefficient (Wildman–Crippen LogP) is 3.40. The van der Waals surface area contributed by atoms with E-state index in [0.717, 1.165) is 12.2 Å². The molecule has 2 heteroatoms. The van der Waals surface area contributed by atoms with E-state index in [0.29, 0.717) is 0 Å². The molecular weight excluding hydrogens is 220 g/mol. The first-order valence-corrected chi connectivity index (χ1v) is 6.43. The Kier molecular flexibility index (Phi) is 4.11. The van der Waals surface area contributed by atoms with Gasteiger partial charge in [-0.25, -0.2) is 0 Å². The molecular formula is C16H20N2. The maximum absolute atomic E-state index is 4.27. The largest absolute Gasteiger partial charge is 0.307 e. The molecule has 0 aliphatic rings. The summed E-state index contributed by atoms with van der Waals surface area (Å²) < 4.78 is 0. The Morgan fingerprint density at radius 3 is 2.56 bits per heavy atom. The highest BCUT2D eigenvalue weighted by molar-refractivity contribution is 5.34. The van der Waals surface area contributed by atoms with E-state index >= 15 is 0 Å². The quantitative estimate of drug-likeness (QED) is 0.886.